The van der Waals surface area contributed by atoms with E-state index in [-0.39, 0.29) is 11.9 Å². The average Bonchev–Trinajstić information content (AvgIpc) is 3.37. The summed E-state index contributed by atoms with van der Waals surface area (Å²) in [6, 6.07) is 14.3. The highest BCUT2D eigenvalue weighted by atomic mass is 32.1. The summed E-state index contributed by atoms with van der Waals surface area (Å²) in [6.45, 7) is 2.35. The van der Waals surface area contributed by atoms with Gasteiger partial charge in [0.1, 0.15) is 12.1 Å². The number of nitrogens with one attached hydrogen (secondary N) is 1. The van der Waals surface area contributed by atoms with Crippen LogP contribution in [0.4, 0.5) is 15.9 Å². The van der Waals surface area contributed by atoms with Crippen LogP contribution in [-0.2, 0) is 6.54 Å². The minimum Gasteiger partial charge on any atom is -0.339 e. The van der Waals surface area contributed by atoms with Gasteiger partial charge in [0.2, 0.25) is 0 Å². The molecule has 32 heavy (non-hydrogen) atoms. The van der Waals surface area contributed by atoms with Gasteiger partial charge in [-0.15, -0.1) is 11.3 Å². The van der Waals surface area contributed by atoms with Crippen molar-refractivity contribution in [3.8, 4) is 11.8 Å². The number of rotatable bonds is 4. The second-order valence-corrected chi connectivity index (χ2v) is 8.49. The number of nitrogens with two attached hydrogens (primary N) is 1. The number of anilines is 2. The summed E-state index contributed by atoms with van der Waals surface area (Å²) in [4.78, 5) is 9.67. The molecule has 3 N–H and O–H groups in total. The highest BCUT2D eigenvalue weighted by molar-refractivity contribution is 7.20. The van der Waals surface area contributed by atoms with Gasteiger partial charge in [-0.2, -0.15) is 5.10 Å². The standard InChI is InChI=1S/C24H19FN6S/c1-15(26)5-7-20-11-21-23(32-20)24(28-14-27-21)30-19-6-8-22-17(10-19)12-29-31(22)13-16-3-2-4-18(25)9-16/h2-4,6,8-12,14-15H,13,26H2,1H3,(H,27,28,30). The Kier molecular flexibility index (Phi) is 5.27. The zero-order valence-corrected chi connectivity index (χ0v) is 18.0. The lowest BCUT2D eigenvalue weighted by molar-refractivity contribution is 0.621. The van der Waals surface area contributed by atoms with Crippen LogP contribution >= 0.6 is 11.3 Å². The molecular weight excluding hydrogens is 423 g/mol. The van der Waals surface area contributed by atoms with E-state index in [0.717, 1.165) is 43.1 Å². The summed E-state index contributed by atoms with van der Waals surface area (Å²) >= 11 is 1.53. The van der Waals surface area contributed by atoms with Crippen LogP contribution < -0.4 is 11.1 Å². The maximum atomic E-state index is 13.5. The number of fused-ring (bicyclic) bond motifs is 2. The third-order valence-electron chi connectivity index (χ3n) is 4.86. The smallest absolute Gasteiger partial charge is 0.151 e. The van der Waals surface area contributed by atoms with E-state index < -0.39 is 0 Å². The Balaban J connectivity index is 1.42. The monoisotopic (exact) mass is 442 g/mol. The Morgan fingerprint density at radius 1 is 1.19 bits per heavy atom. The zero-order chi connectivity index (χ0) is 22.1. The molecule has 0 radical (unpaired) electrons. The fourth-order valence-corrected chi connectivity index (χ4v) is 4.34. The Morgan fingerprint density at radius 2 is 2.09 bits per heavy atom. The van der Waals surface area contributed by atoms with Gasteiger partial charge in [-0.1, -0.05) is 24.0 Å². The van der Waals surface area contributed by atoms with Gasteiger partial charge in [0.05, 0.1) is 39.4 Å². The molecule has 0 saturated heterocycles. The molecule has 0 aliphatic carbocycles. The topological polar surface area (TPSA) is 81.7 Å². The van der Waals surface area contributed by atoms with Crippen molar-refractivity contribution in [1.82, 2.24) is 19.7 Å². The van der Waals surface area contributed by atoms with Gasteiger partial charge in [-0.25, -0.2) is 14.4 Å². The van der Waals surface area contributed by atoms with E-state index >= 15 is 0 Å². The maximum absolute atomic E-state index is 13.5. The molecule has 5 rings (SSSR count). The molecular formula is C24H19FN6S. The van der Waals surface area contributed by atoms with Crippen LogP contribution in [0.15, 0.2) is 61.1 Å². The summed E-state index contributed by atoms with van der Waals surface area (Å²) in [5.41, 5.74) is 9.29. The van der Waals surface area contributed by atoms with E-state index in [1.165, 1.54) is 29.8 Å². The third kappa shape index (κ3) is 4.17. The van der Waals surface area contributed by atoms with Crippen LogP contribution in [0, 0.1) is 17.7 Å². The molecule has 8 heteroatoms. The summed E-state index contributed by atoms with van der Waals surface area (Å²) in [5.74, 6) is 6.54. The Bertz CT molecular complexity index is 1490. The summed E-state index contributed by atoms with van der Waals surface area (Å²) in [5, 5.41) is 8.84. The van der Waals surface area contributed by atoms with Gasteiger partial charge >= 0.3 is 0 Å². The van der Waals surface area contributed by atoms with Crippen LogP contribution in [0.1, 0.15) is 17.4 Å². The minimum atomic E-state index is -0.248. The number of aromatic nitrogens is 4. The lowest BCUT2D eigenvalue weighted by atomic mass is 10.2. The molecule has 2 aromatic carbocycles. The van der Waals surface area contributed by atoms with Crippen LogP contribution in [0.2, 0.25) is 0 Å². The molecule has 1 unspecified atom stereocenters. The first-order valence-corrected chi connectivity index (χ1v) is 10.9. The van der Waals surface area contributed by atoms with E-state index in [4.69, 9.17) is 5.73 Å². The van der Waals surface area contributed by atoms with Crippen molar-refractivity contribution >= 4 is 44.0 Å². The van der Waals surface area contributed by atoms with Gasteiger partial charge in [0.15, 0.2) is 5.82 Å². The molecule has 1 atom stereocenters. The molecule has 0 amide bonds. The number of hydrogen-bond donors (Lipinski definition) is 2. The van der Waals surface area contributed by atoms with Gasteiger partial charge in [-0.3, -0.25) is 4.68 Å². The Morgan fingerprint density at radius 3 is 2.94 bits per heavy atom. The minimum absolute atomic E-state index is 0.183. The van der Waals surface area contributed by atoms with Crippen LogP contribution in [0.25, 0.3) is 21.1 Å². The fourth-order valence-electron chi connectivity index (χ4n) is 3.43. The van der Waals surface area contributed by atoms with Crippen molar-refractivity contribution in [2.45, 2.75) is 19.5 Å². The van der Waals surface area contributed by atoms with Crippen molar-refractivity contribution < 1.29 is 4.39 Å². The summed E-state index contributed by atoms with van der Waals surface area (Å²) in [7, 11) is 0. The predicted octanol–water partition coefficient (Wildman–Crippen LogP) is 4.67. The lowest BCUT2D eigenvalue weighted by Gasteiger charge is -2.07. The second-order valence-electron chi connectivity index (χ2n) is 7.44. The number of halogens is 1. The molecule has 0 saturated carbocycles. The lowest BCUT2D eigenvalue weighted by Crippen LogP contribution is -2.10. The first kappa shape index (κ1) is 20.1. The second kappa shape index (κ2) is 8.38. The molecule has 0 bridgehead atoms. The van der Waals surface area contributed by atoms with Gasteiger partial charge in [-0.05, 0) is 48.9 Å². The van der Waals surface area contributed by atoms with Crippen LogP contribution in [0.3, 0.4) is 0 Å². The van der Waals surface area contributed by atoms with Crippen molar-refractivity contribution in [2.24, 2.45) is 5.73 Å². The zero-order valence-electron chi connectivity index (χ0n) is 17.2. The van der Waals surface area contributed by atoms with E-state index in [1.807, 2.05) is 48.1 Å². The van der Waals surface area contributed by atoms with Crippen LogP contribution in [-0.4, -0.2) is 25.8 Å². The Hall–Kier alpha value is -3.80. The molecule has 0 aliphatic heterocycles. The number of thiophene rings is 1. The SMILES string of the molecule is CC(N)C#Cc1cc2ncnc(Nc3ccc4c(cnn4Cc4cccc(F)c4)c3)c2s1. The first-order chi connectivity index (χ1) is 15.5. The van der Waals surface area contributed by atoms with Gasteiger partial charge in [0, 0.05) is 11.1 Å². The molecule has 5 aromatic rings. The number of benzene rings is 2. The number of nitrogens with zero attached hydrogens (tertiary/aromatic N) is 4. The Labute approximate surface area is 187 Å². The number of hydrogen-bond acceptors (Lipinski definition) is 6. The molecule has 158 valence electrons. The van der Waals surface area contributed by atoms with E-state index in [2.05, 4.69) is 32.2 Å². The molecule has 6 nitrogen and oxygen atoms in total. The fraction of sp³-hybridized carbons (Fsp3) is 0.125. The largest absolute Gasteiger partial charge is 0.339 e. The highest BCUT2D eigenvalue weighted by Gasteiger charge is 2.10. The average molecular weight is 443 g/mol. The molecule has 3 aromatic heterocycles. The maximum Gasteiger partial charge on any atom is 0.151 e. The molecule has 3 heterocycles. The normalized spacial score (nSPS) is 12.0. The van der Waals surface area contributed by atoms with Crippen LogP contribution in [0.5, 0.6) is 0 Å². The third-order valence-corrected chi connectivity index (χ3v) is 5.91. The van der Waals surface area contributed by atoms with Gasteiger partial charge in [0.25, 0.3) is 0 Å². The van der Waals surface area contributed by atoms with E-state index in [1.54, 1.807) is 6.07 Å². The summed E-state index contributed by atoms with van der Waals surface area (Å²) in [6.07, 6.45) is 3.35. The summed E-state index contributed by atoms with van der Waals surface area (Å²) < 4.78 is 16.3. The predicted molar refractivity (Wildman–Crippen MR) is 126 cm³/mol. The van der Waals surface area contributed by atoms with E-state index in [0.29, 0.717) is 6.54 Å². The molecule has 0 fully saturated rings. The van der Waals surface area contributed by atoms with Crippen molar-refractivity contribution in [2.75, 3.05) is 5.32 Å². The van der Waals surface area contributed by atoms with Crippen molar-refractivity contribution in [1.29, 1.82) is 0 Å². The first-order valence-electron chi connectivity index (χ1n) is 10.0. The molecule has 0 aliphatic rings. The molecule has 0 spiro atoms. The highest BCUT2D eigenvalue weighted by Crippen LogP contribution is 2.31. The van der Waals surface area contributed by atoms with Crippen molar-refractivity contribution in [3.05, 3.63) is 77.3 Å². The quantitative estimate of drug-likeness (QED) is 0.395. The van der Waals surface area contributed by atoms with Crippen molar-refractivity contribution in [3.63, 3.8) is 0 Å². The van der Waals surface area contributed by atoms with Gasteiger partial charge < -0.3 is 11.1 Å². The van der Waals surface area contributed by atoms with E-state index in [9.17, 15) is 4.39 Å².